The summed E-state index contributed by atoms with van der Waals surface area (Å²) in [6.07, 6.45) is 0.883. The zero-order valence-electron chi connectivity index (χ0n) is 18.0. The monoisotopic (exact) mass is 448 g/mol. The van der Waals surface area contributed by atoms with E-state index in [4.69, 9.17) is 9.47 Å². The van der Waals surface area contributed by atoms with Gasteiger partial charge in [-0.3, -0.25) is 14.2 Å². The highest BCUT2D eigenvalue weighted by molar-refractivity contribution is 5.93. The van der Waals surface area contributed by atoms with Gasteiger partial charge in [-0.15, -0.1) is 0 Å². The van der Waals surface area contributed by atoms with Gasteiger partial charge in [0.15, 0.2) is 11.9 Å². The van der Waals surface area contributed by atoms with Crippen LogP contribution in [-0.2, 0) is 25.5 Å². The minimum atomic E-state index is -1.19. The van der Waals surface area contributed by atoms with Gasteiger partial charge in [-0.05, 0) is 41.8 Å². The van der Waals surface area contributed by atoms with Gasteiger partial charge in [-0.1, -0.05) is 42.5 Å². The van der Waals surface area contributed by atoms with Crippen molar-refractivity contribution in [1.29, 1.82) is 0 Å². The summed E-state index contributed by atoms with van der Waals surface area (Å²) >= 11 is 0. The van der Waals surface area contributed by atoms with Crippen LogP contribution in [0.2, 0.25) is 0 Å². The molecule has 4 rings (SSSR count). The van der Waals surface area contributed by atoms with E-state index in [1.165, 1.54) is 16.7 Å². The van der Waals surface area contributed by atoms with Crippen LogP contribution < -0.4 is 5.32 Å². The maximum atomic E-state index is 13.0. The van der Waals surface area contributed by atoms with E-state index in [9.17, 15) is 19.5 Å². The predicted octanol–water partition coefficient (Wildman–Crippen LogP) is 2.93. The van der Waals surface area contributed by atoms with Crippen molar-refractivity contribution in [2.45, 2.75) is 31.6 Å². The lowest BCUT2D eigenvalue weighted by Gasteiger charge is -2.21. The fraction of sp³-hybridized carbons (Fsp3) is 0.240. The highest BCUT2D eigenvalue weighted by Gasteiger charge is 2.36. The Balaban J connectivity index is 1.51. The Labute approximate surface area is 190 Å². The summed E-state index contributed by atoms with van der Waals surface area (Å²) in [5, 5.41) is 12.2. The number of carbonyl (C=O) groups excluding carboxylic acids is 3. The topological polar surface area (TPSA) is 107 Å². The molecule has 1 fully saturated rings. The van der Waals surface area contributed by atoms with Crippen LogP contribution >= 0.6 is 0 Å². The molecule has 3 atom stereocenters. The van der Waals surface area contributed by atoms with Crippen LogP contribution in [-0.4, -0.2) is 52.3 Å². The molecule has 0 saturated carbocycles. The summed E-state index contributed by atoms with van der Waals surface area (Å²) in [5.41, 5.74) is 2.45. The number of carbonyl (C=O) groups is 3. The Kier molecular flexibility index (Phi) is 6.55. The number of hydrogen-bond donors (Lipinski definition) is 2. The molecule has 0 spiro atoms. The van der Waals surface area contributed by atoms with Gasteiger partial charge in [0.05, 0.1) is 6.10 Å². The molecule has 33 heavy (non-hydrogen) atoms. The average Bonchev–Trinajstić information content (AvgIpc) is 3.43. The zero-order valence-corrected chi connectivity index (χ0v) is 18.0. The first-order chi connectivity index (χ1) is 15.9. The number of aromatic hydroxyl groups is 1. The van der Waals surface area contributed by atoms with Crippen molar-refractivity contribution in [1.82, 2.24) is 9.88 Å². The first-order valence-electron chi connectivity index (χ1n) is 10.6. The Morgan fingerprint density at radius 1 is 1.12 bits per heavy atom. The summed E-state index contributed by atoms with van der Waals surface area (Å²) in [5.74, 6) is -0.744. The van der Waals surface area contributed by atoms with Crippen LogP contribution in [0, 0.1) is 0 Å². The molecule has 2 aromatic carbocycles. The number of ether oxygens (including phenoxy) is 2. The van der Waals surface area contributed by atoms with Crippen molar-refractivity contribution in [2.75, 3.05) is 6.61 Å². The van der Waals surface area contributed by atoms with Crippen LogP contribution in [0.5, 0.6) is 5.75 Å². The van der Waals surface area contributed by atoms with Crippen molar-refractivity contribution in [3.05, 3.63) is 78.6 Å². The Bertz CT molecular complexity index is 1140. The smallest absolute Gasteiger partial charge is 0.418 e. The third-order valence-corrected chi connectivity index (χ3v) is 5.51. The lowest BCUT2D eigenvalue weighted by atomic mass is 10.1. The lowest BCUT2D eigenvalue weighted by molar-refractivity contribution is -0.132. The SMILES string of the molecule is CC1OCC(=O)C1NC(=O)C(Cc1ccc(O)cc1)OC(=O)n1ccc(-c2ccccc2)c1. The number of Topliss-reactive ketones (excluding diaryl/α,β-unsaturated/α-hetero) is 1. The zero-order chi connectivity index (χ0) is 23.4. The van der Waals surface area contributed by atoms with Crippen LogP contribution in [0.1, 0.15) is 12.5 Å². The number of hydrogen-bond acceptors (Lipinski definition) is 6. The van der Waals surface area contributed by atoms with Gasteiger partial charge in [-0.25, -0.2) is 4.79 Å². The fourth-order valence-corrected chi connectivity index (χ4v) is 3.63. The third kappa shape index (κ3) is 5.30. The maximum absolute atomic E-state index is 13.0. The number of aromatic nitrogens is 1. The molecule has 170 valence electrons. The van der Waals surface area contributed by atoms with E-state index in [1.807, 2.05) is 30.3 Å². The van der Waals surface area contributed by atoms with E-state index in [2.05, 4.69) is 5.32 Å². The molecular formula is C25H24N2O6. The molecular weight excluding hydrogens is 424 g/mol. The number of rotatable bonds is 6. The third-order valence-electron chi connectivity index (χ3n) is 5.51. The number of phenols is 1. The van der Waals surface area contributed by atoms with Gasteiger partial charge in [0.25, 0.3) is 5.91 Å². The second-order valence-corrected chi connectivity index (χ2v) is 7.89. The van der Waals surface area contributed by atoms with Crippen LogP contribution in [0.25, 0.3) is 11.1 Å². The van der Waals surface area contributed by atoms with E-state index >= 15 is 0 Å². The molecule has 8 nitrogen and oxygen atoms in total. The largest absolute Gasteiger partial charge is 0.508 e. The van der Waals surface area contributed by atoms with E-state index < -0.39 is 30.3 Å². The number of ketones is 1. The summed E-state index contributed by atoms with van der Waals surface area (Å²) in [4.78, 5) is 37.9. The van der Waals surface area contributed by atoms with Gasteiger partial charge in [0, 0.05) is 18.8 Å². The fourth-order valence-electron chi connectivity index (χ4n) is 3.63. The molecule has 0 aliphatic carbocycles. The summed E-state index contributed by atoms with van der Waals surface area (Å²) < 4.78 is 12.1. The van der Waals surface area contributed by atoms with Gasteiger partial charge in [0.1, 0.15) is 18.4 Å². The van der Waals surface area contributed by atoms with Gasteiger partial charge < -0.3 is 19.9 Å². The van der Waals surface area contributed by atoms with Gasteiger partial charge in [-0.2, -0.15) is 0 Å². The highest BCUT2D eigenvalue weighted by atomic mass is 16.6. The molecule has 1 aliphatic rings. The van der Waals surface area contributed by atoms with Crippen molar-refractivity contribution >= 4 is 17.8 Å². The van der Waals surface area contributed by atoms with Crippen LogP contribution in [0.15, 0.2) is 73.1 Å². The maximum Gasteiger partial charge on any atom is 0.418 e. The van der Waals surface area contributed by atoms with Crippen molar-refractivity contribution in [2.24, 2.45) is 0 Å². The molecule has 3 aromatic rings. The Hall–Kier alpha value is -3.91. The lowest BCUT2D eigenvalue weighted by Crippen LogP contribution is -2.49. The number of nitrogens with zero attached hydrogens (tertiary/aromatic N) is 1. The summed E-state index contributed by atoms with van der Waals surface area (Å²) in [6, 6.07) is 16.8. The standard InChI is InChI=1S/C25H24N2O6/c1-16-23(21(29)15-32-16)26-24(30)22(13-17-7-9-20(28)10-8-17)33-25(31)27-12-11-19(14-27)18-5-3-2-4-6-18/h2-12,14,16,22-23,28H,13,15H2,1H3,(H,26,30). The highest BCUT2D eigenvalue weighted by Crippen LogP contribution is 2.20. The minimum Gasteiger partial charge on any atom is -0.508 e. The first kappa shape index (κ1) is 22.3. The van der Waals surface area contributed by atoms with Crippen LogP contribution in [0.3, 0.4) is 0 Å². The number of benzene rings is 2. The molecule has 3 unspecified atom stereocenters. The van der Waals surface area contributed by atoms with Gasteiger partial charge in [0.2, 0.25) is 0 Å². The summed E-state index contributed by atoms with van der Waals surface area (Å²) in [7, 11) is 0. The van der Waals surface area contributed by atoms with E-state index in [1.54, 1.807) is 37.5 Å². The van der Waals surface area contributed by atoms with Crippen LogP contribution in [0.4, 0.5) is 4.79 Å². The molecule has 2 heterocycles. The summed E-state index contributed by atoms with van der Waals surface area (Å²) in [6.45, 7) is 1.63. The molecule has 1 saturated heterocycles. The molecule has 1 amide bonds. The Morgan fingerprint density at radius 2 is 1.85 bits per heavy atom. The van der Waals surface area contributed by atoms with E-state index in [0.29, 0.717) is 5.56 Å². The minimum absolute atomic E-state index is 0.0693. The quantitative estimate of drug-likeness (QED) is 0.601. The Morgan fingerprint density at radius 3 is 2.52 bits per heavy atom. The average molecular weight is 448 g/mol. The number of nitrogens with one attached hydrogen (secondary N) is 1. The number of phenolic OH excluding ortho intramolecular Hbond substituents is 1. The molecule has 0 radical (unpaired) electrons. The molecule has 0 bridgehead atoms. The number of amides is 1. The molecule has 2 N–H and O–H groups in total. The second-order valence-electron chi connectivity index (χ2n) is 7.89. The molecule has 1 aliphatic heterocycles. The van der Waals surface area contributed by atoms with Crippen molar-refractivity contribution in [3.8, 4) is 16.9 Å². The molecule has 8 heteroatoms. The molecule has 1 aromatic heterocycles. The van der Waals surface area contributed by atoms with E-state index in [-0.39, 0.29) is 24.6 Å². The predicted molar refractivity (Wildman–Crippen MR) is 120 cm³/mol. The van der Waals surface area contributed by atoms with Gasteiger partial charge >= 0.3 is 6.09 Å². The van der Waals surface area contributed by atoms with Crippen molar-refractivity contribution in [3.63, 3.8) is 0 Å². The van der Waals surface area contributed by atoms with E-state index in [0.717, 1.165) is 11.1 Å². The normalized spacial score (nSPS) is 18.6. The first-order valence-corrected chi connectivity index (χ1v) is 10.6. The second kappa shape index (κ2) is 9.70. The van der Waals surface area contributed by atoms with Crippen molar-refractivity contribution < 1.29 is 29.0 Å².